The van der Waals surface area contributed by atoms with E-state index in [0.29, 0.717) is 6.42 Å². The third-order valence-electron chi connectivity index (χ3n) is 2.56. The van der Waals surface area contributed by atoms with Gasteiger partial charge in [0.05, 0.1) is 0 Å². The van der Waals surface area contributed by atoms with Gasteiger partial charge in [-0.15, -0.1) is 0 Å². The van der Waals surface area contributed by atoms with Crippen molar-refractivity contribution in [2.24, 2.45) is 0 Å². The molecule has 1 atom stereocenters. The second-order valence-corrected chi connectivity index (χ2v) is 5.88. The van der Waals surface area contributed by atoms with Gasteiger partial charge in [0.2, 0.25) is 5.03 Å². The molecule has 0 amide bonds. The summed E-state index contributed by atoms with van der Waals surface area (Å²) in [6.07, 6.45) is 1.65. The lowest BCUT2D eigenvalue weighted by Crippen LogP contribution is -2.52. The summed E-state index contributed by atoms with van der Waals surface area (Å²) < 4.78 is 39.4. The first-order valence-electron chi connectivity index (χ1n) is 5.61. The molecule has 0 fully saturated rings. The van der Waals surface area contributed by atoms with Crippen LogP contribution in [0.25, 0.3) is 0 Å². The fraction of sp³-hybridized carbons (Fsp3) is 0.455. The number of carboxylic acids is 1. The Hall–Kier alpha value is -1.54. The minimum atomic E-state index is -4.33. The topological polar surface area (TPSA) is 96.4 Å². The van der Waals surface area contributed by atoms with Crippen molar-refractivity contribution in [3.05, 3.63) is 24.1 Å². The first kappa shape index (κ1) is 15.5. The molecule has 0 aliphatic heterocycles. The van der Waals surface area contributed by atoms with Crippen LogP contribution >= 0.6 is 0 Å². The molecule has 0 bridgehead atoms. The fourth-order valence-corrected chi connectivity index (χ4v) is 3.02. The Morgan fingerprint density at radius 3 is 2.68 bits per heavy atom. The molecule has 1 rings (SSSR count). The van der Waals surface area contributed by atoms with Gasteiger partial charge >= 0.3 is 5.97 Å². The maximum absolute atomic E-state index is 13.4. The third kappa shape index (κ3) is 3.48. The number of sulfonamides is 1. The average molecular weight is 290 g/mol. The van der Waals surface area contributed by atoms with Crippen LogP contribution in [0.4, 0.5) is 4.39 Å². The van der Waals surface area contributed by atoms with Gasteiger partial charge < -0.3 is 5.11 Å². The predicted molar refractivity (Wildman–Crippen MR) is 65.5 cm³/mol. The molecule has 0 aliphatic carbocycles. The van der Waals surface area contributed by atoms with Gasteiger partial charge in [-0.2, -0.15) is 4.72 Å². The molecule has 1 aromatic rings. The van der Waals surface area contributed by atoms with E-state index in [0.717, 1.165) is 12.3 Å². The van der Waals surface area contributed by atoms with Crippen LogP contribution in [0.3, 0.4) is 0 Å². The Kier molecular flexibility index (Phi) is 4.59. The largest absolute Gasteiger partial charge is 0.480 e. The van der Waals surface area contributed by atoms with Gasteiger partial charge in [-0.05, 0) is 25.5 Å². The lowest BCUT2D eigenvalue weighted by Gasteiger charge is -2.25. The van der Waals surface area contributed by atoms with Crippen molar-refractivity contribution in [3.8, 4) is 0 Å². The van der Waals surface area contributed by atoms with E-state index in [9.17, 15) is 17.6 Å². The van der Waals surface area contributed by atoms with Crippen LogP contribution < -0.4 is 4.72 Å². The number of pyridine rings is 1. The van der Waals surface area contributed by atoms with E-state index in [2.05, 4.69) is 4.98 Å². The van der Waals surface area contributed by atoms with Crippen molar-refractivity contribution in [1.29, 1.82) is 0 Å². The standard InChI is InChI=1S/C11H15FN2O4S/c1-3-6-11(2,10(15)16)14-19(17,18)9-8(12)5-4-7-13-9/h4-5,7,14H,3,6H2,1-2H3,(H,15,16). The Balaban J connectivity index is 3.16. The molecule has 106 valence electrons. The first-order chi connectivity index (χ1) is 8.73. The van der Waals surface area contributed by atoms with E-state index in [-0.39, 0.29) is 6.42 Å². The minimum absolute atomic E-state index is 0.0794. The Morgan fingerprint density at radius 1 is 1.58 bits per heavy atom. The molecule has 0 aromatic carbocycles. The van der Waals surface area contributed by atoms with Crippen molar-refractivity contribution < 1.29 is 22.7 Å². The summed E-state index contributed by atoms with van der Waals surface area (Å²) >= 11 is 0. The summed E-state index contributed by atoms with van der Waals surface area (Å²) in [5.41, 5.74) is -1.70. The fourth-order valence-electron chi connectivity index (χ4n) is 1.62. The quantitative estimate of drug-likeness (QED) is 0.819. The molecule has 0 aliphatic rings. The van der Waals surface area contributed by atoms with Crippen LogP contribution in [0, 0.1) is 5.82 Å². The third-order valence-corrected chi connectivity index (χ3v) is 4.09. The summed E-state index contributed by atoms with van der Waals surface area (Å²) in [6.45, 7) is 2.95. The highest BCUT2D eigenvalue weighted by molar-refractivity contribution is 7.89. The average Bonchev–Trinajstić information content (AvgIpc) is 2.28. The van der Waals surface area contributed by atoms with Crippen molar-refractivity contribution in [3.63, 3.8) is 0 Å². The Bertz CT molecular complexity index is 576. The Labute approximate surface area is 110 Å². The first-order valence-corrected chi connectivity index (χ1v) is 7.09. The summed E-state index contributed by atoms with van der Waals surface area (Å²) in [4.78, 5) is 14.6. The van der Waals surface area contributed by atoms with Crippen LogP contribution in [0.1, 0.15) is 26.7 Å². The molecule has 0 saturated carbocycles. The highest BCUT2D eigenvalue weighted by atomic mass is 32.2. The van der Waals surface area contributed by atoms with E-state index < -0.39 is 32.4 Å². The SMILES string of the molecule is CCCC(C)(NS(=O)(=O)c1ncccc1F)C(=O)O. The summed E-state index contributed by atoms with van der Waals surface area (Å²) in [7, 11) is -4.33. The molecular weight excluding hydrogens is 275 g/mol. The number of nitrogens with zero attached hydrogens (tertiary/aromatic N) is 1. The van der Waals surface area contributed by atoms with E-state index in [4.69, 9.17) is 5.11 Å². The second kappa shape index (κ2) is 5.62. The van der Waals surface area contributed by atoms with Crippen molar-refractivity contribution in [1.82, 2.24) is 9.71 Å². The normalized spacial score (nSPS) is 14.9. The van der Waals surface area contributed by atoms with Crippen LogP contribution in [0.15, 0.2) is 23.4 Å². The molecule has 6 nitrogen and oxygen atoms in total. The monoisotopic (exact) mass is 290 g/mol. The number of hydrogen-bond acceptors (Lipinski definition) is 4. The van der Waals surface area contributed by atoms with Gasteiger partial charge in [0.25, 0.3) is 10.0 Å². The number of aromatic nitrogens is 1. The highest BCUT2D eigenvalue weighted by Crippen LogP contribution is 2.18. The molecule has 1 heterocycles. The maximum Gasteiger partial charge on any atom is 0.324 e. The van der Waals surface area contributed by atoms with Gasteiger partial charge in [0, 0.05) is 6.20 Å². The van der Waals surface area contributed by atoms with Gasteiger partial charge in [0.1, 0.15) is 5.54 Å². The molecule has 1 unspecified atom stereocenters. The molecule has 1 aromatic heterocycles. The van der Waals surface area contributed by atoms with E-state index in [1.807, 2.05) is 4.72 Å². The number of hydrogen-bond donors (Lipinski definition) is 2. The number of nitrogens with one attached hydrogen (secondary N) is 1. The maximum atomic E-state index is 13.4. The number of aliphatic carboxylic acids is 1. The number of rotatable bonds is 6. The van der Waals surface area contributed by atoms with Gasteiger partial charge in [-0.1, -0.05) is 13.3 Å². The van der Waals surface area contributed by atoms with E-state index in [1.54, 1.807) is 6.92 Å². The smallest absolute Gasteiger partial charge is 0.324 e. The molecule has 0 radical (unpaired) electrons. The van der Waals surface area contributed by atoms with Crippen LogP contribution in [0.5, 0.6) is 0 Å². The molecule has 2 N–H and O–H groups in total. The van der Waals surface area contributed by atoms with Crippen molar-refractivity contribution in [2.45, 2.75) is 37.3 Å². The highest BCUT2D eigenvalue weighted by Gasteiger charge is 2.38. The second-order valence-electron chi connectivity index (χ2n) is 4.28. The molecule has 0 saturated heterocycles. The lowest BCUT2D eigenvalue weighted by atomic mass is 9.98. The van der Waals surface area contributed by atoms with Crippen LogP contribution in [-0.4, -0.2) is 30.0 Å². The zero-order valence-electron chi connectivity index (χ0n) is 10.6. The number of carbonyl (C=O) groups is 1. The molecule has 8 heteroatoms. The lowest BCUT2D eigenvalue weighted by molar-refractivity contribution is -0.143. The summed E-state index contributed by atoms with van der Waals surface area (Å²) in [6, 6.07) is 2.19. The number of carboxylic acid groups (broad SMARTS) is 1. The summed E-state index contributed by atoms with van der Waals surface area (Å²) in [5, 5.41) is 8.30. The van der Waals surface area contributed by atoms with E-state index >= 15 is 0 Å². The molecular formula is C11H15FN2O4S. The minimum Gasteiger partial charge on any atom is -0.480 e. The van der Waals surface area contributed by atoms with Gasteiger partial charge in [-0.3, -0.25) is 4.79 Å². The zero-order chi connectivity index (χ0) is 14.7. The number of halogens is 1. The van der Waals surface area contributed by atoms with Crippen molar-refractivity contribution >= 4 is 16.0 Å². The molecule has 0 spiro atoms. The summed E-state index contributed by atoms with van der Waals surface area (Å²) in [5.74, 6) is -2.35. The molecule has 19 heavy (non-hydrogen) atoms. The Morgan fingerprint density at radius 2 is 2.21 bits per heavy atom. The van der Waals surface area contributed by atoms with Crippen molar-refractivity contribution in [2.75, 3.05) is 0 Å². The van der Waals surface area contributed by atoms with E-state index in [1.165, 1.54) is 13.0 Å². The van der Waals surface area contributed by atoms with Gasteiger partial charge in [-0.25, -0.2) is 17.8 Å². The van der Waals surface area contributed by atoms with Gasteiger partial charge in [0.15, 0.2) is 5.82 Å². The zero-order valence-corrected chi connectivity index (χ0v) is 11.4. The van der Waals surface area contributed by atoms with Crippen LogP contribution in [-0.2, 0) is 14.8 Å². The van der Waals surface area contributed by atoms with Crippen LogP contribution in [0.2, 0.25) is 0 Å². The predicted octanol–water partition coefficient (Wildman–Crippen LogP) is 1.14.